The third kappa shape index (κ3) is 3.92. The Kier molecular flexibility index (Phi) is 4.71. The van der Waals surface area contributed by atoms with Crippen LogP contribution in [0.4, 0.5) is 5.69 Å². The molecule has 0 saturated carbocycles. The summed E-state index contributed by atoms with van der Waals surface area (Å²) in [6.07, 6.45) is 0.887. The van der Waals surface area contributed by atoms with Crippen LogP contribution in [-0.2, 0) is 11.3 Å². The van der Waals surface area contributed by atoms with Crippen molar-refractivity contribution in [1.29, 1.82) is 0 Å². The van der Waals surface area contributed by atoms with Crippen molar-refractivity contribution in [3.05, 3.63) is 42.4 Å². The summed E-state index contributed by atoms with van der Waals surface area (Å²) in [6.45, 7) is 1.98. The van der Waals surface area contributed by atoms with Crippen molar-refractivity contribution in [1.82, 2.24) is 5.32 Å². The average molecular weight is 290 g/mol. The SMILES string of the molecule is COc1cc(N)ccc1OC(C)C(=O)NCc1ccco1. The molecular weight excluding hydrogens is 272 g/mol. The Morgan fingerprint density at radius 1 is 1.38 bits per heavy atom. The Morgan fingerprint density at radius 3 is 2.86 bits per heavy atom. The predicted octanol–water partition coefficient (Wildman–Crippen LogP) is 1.95. The molecule has 1 amide bonds. The molecule has 0 aliphatic rings. The highest BCUT2D eigenvalue weighted by Gasteiger charge is 2.17. The number of carbonyl (C=O) groups is 1. The highest BCUT2D eigenvalue weighted by Crippen LogP contribution is 2.29. The molecule has 0 aliphatic carbocycles. The van der Waals surface area contributed by atoms with Gasteiger partial charge in [-0.1, -0.05) is 0 Å². The minimum absolute atomic E-state index is 0.245. The van der Waals surface area contributed by atoms with E-state index in [2.05, 4.69) is 5.32 Å². The van der Waals surface area contributed by atoms with Gasteiger partial charge < -0.3 is 24.9 Å². The van der Waals surface area contributed by atoms with Gasteiger partial charge in [-0.25, -0.2) is 0 Å². The first-order valence-corrected chi connectivity index (χ1v) is 6.50. The maximum Gasteiger partial charge on any atom is 0.261 e. The van der Waals surface area contributed by atoms with E-state index in [1.807, 2.05) is 0 Å². The van der Waals surface area contributed by atoms with E-state index in [-0.39, 0.29) is 5.91 Å². The summed E-state index contributed by atoms with van der Waals surface area (Å²) >= 11 is 0. The number of amides is 1. The fraction of sp³-hybridized carbons (Fsp3) is 0.267. The Morgan fingerprint density at radius 2 is 2.19 bits per heavy atom. The molecule has 112 valence electrons. The first-order valence-electron chi connectivity index (χ1n) is 6.50. The van der Waals surface area contributed by atoms with Gasteiger partial charge in [-0.2, -0.15) is 0 Å². The monoisotopic (exact) mass is 290 g/mol. The molecule has 1 unspecified atom stereocenters. The number of nitrogens with two attached hydrogens (primary N) is 1. The molecule has 2 rings (SSSR count). The molecule has 1 heterocycles. The van der Waals surface area contributed by atoms with Crippen LogP contribution in [0.3, 0.4) is 0 Å². The number of nitrogen functional groups attached to an aromatic ring is 1. The molecule has 1 atom stereocenters. The number of carbonyl (C=O) groups excluding carboxylic acids is 1. The molecule has 0 radical (unpaired) electrons. The number of nitrogens with one attached hydrogen (secondary N) is 1. The van der Waals surface area contributed by atoms with Crippen LogP contribution in [0.5, 0.6) is 11.5 Å². The summed E-state index contributed by atoms with van der Waals surface area (Å²) in [5, 5.41) is 2.73. The Bertz CT molecular complexity index is 596. The number of rotatable bonds is 6. The first-order chi connectivity index (χ1) is 10.1. The summed E-state index contributed by atoms with van der Waals surface area (Å²) in [6, 6.07) is 8.55. The molecule has 6 nitrogen and oxygen atoms in total. The van der Waals surface area contributed by atoms with Crippen LogP contribution in [0.25, 0.3) is 0 Å². The number of benzene rings is 1. The number of hydrogen-bond donors (Lipinski definition) is 2. The van der Waals surface area contributed by atoms with Gasteiger partial charge in [0.05, 0.1) is 19.9 Å². The summed E-state index contributed by atoms with van der Waals surface area (Å²) in [5.74, 6) is 1.39. The largest absolute Gasteiger partial charge is 0.493 e. The van der Waals surface area contributed by atoms with Gasteiger partial charge in [0.2, 0.25) is 0 Å². The smallest absolute Gasteiger partial charge is 0.261 e. The zero-order valence-electron chi connectivity index (χ0n) is 12.0. The molecule has 0 bridgehead atoms. The van der Waals surface area contributed by atoms with Gasteiger partial charge in [-0.05, 0) is 31.2 Å². The summed E-state index contributed by atoms with van der Waals surface area (Å²) in [7, 11) is 1.52. The highest BCUT2D eigenvalue weighted by molar-refractivity contribution is 5.80. The van der Waals surface area contributed by atoms with E-state index in [0.717, 1.165) is 0 Å². The third-order valence-corrected chi connectivity index (χ3v) is 2.88. The maximum absolute atomic E-state index is 12.0. The van der Waals surface area contributed by atoms with E-state index in [1.54, 1.807) is 43.5 Å². The third-order valence-electron chi connectivity index (χ3n) is 2.88. The van der Waals surface area contributed by atoms with Gasteiger partial charge >= 0.3 is 0 Å². The standard InChI is InChI=1S/C15H18N2O4/c1-10(15(18)17-9-12-4-3-7-20-12)21-13-6-5-11(16)8-14(13)19-2/h3-8,10H,9,16H2,1-2H3,(H,17,18). The van der Waals surface area contributed by atoms with Gasteiger partial charge in [0, 0.05) is 11.8 Å². The number of furan rings is 1. The molecule has 0 spiro atoms. The van der Waals surface area contributed by atoms with Crippen molar-refractivity contribution in [2.45, 2.75) is 19.6 Å². The van der Waals surface area contributed by atoms with E-state index >= 15 is 0 Å². The van der Waals surface area contributed by atoms with E-state index < -0.39 is 6.10 Å². The second kappa shape index (κ2) is 6.69. The van der Waals surface area contributed by atoms with Crippen molar-refractivity contribution >= 4 is 11.6 Å². The Hall–Kier alpha value is -2.63. The molecular formula is C15H18N2O4. The van der Waals surface area contributed by atoms with E-state index in [4.69, 9.17) is 19.6 Å². The van der Waals surface area contributed by atoms with Crippen molar-refractivity contribution < 1.29 is 18.7 Å². The van der Waals surface area contributed by atoms with Crippen LogP contribution in [0.1, 0.15) is 12.7 Å². The fourth-order valence-electron chi connectivity index (χ4n) is 1.76. The lowest BCUT2D eigenvalue weighted by Crippen LogP contribution is -2.35. The fourth-order valence-corrected chi connectivity index (χ4v) is 1.76. The second-order valence-electron chi connectivity index (χ2n) is 4.47. The summed E-state index contributed by atoms with van der Waals surface area (Å²) in [4.78, 5) is 12.0. The zero-order chi connectivity index (χ0) is 15.2. The molecule has 0 aliphatic heterocycles. The molecule has 2 aromatic rings. The summed E-state index contributed by atoms with van der Waals surface area (Å²) < 4.78 is 15.9. The second-order valence-corrected chi connectivity index (χ2v) is 4.47. The maximum atomic E-state index is 12.0. The minimum atomic E-state index is -0.669. The van der Waals surface area contributed by atoms with Crippen LogP contribution in [-0.4, -0.2) is 19.1 Å². The molecule has 0 fully saturated rings. The lowest BCUT2D eigenvalue weighted by molar-refractivity contribution is -0.127. The summed E-state index contributed by atoms with van der Waals surface area (Å²) in [5.41, 5.74) is 6.23. The predicted molar refractivity (Wildman–Crippen MR) is 78.1 cm³/mol. The number of ether oxygens (including phenoxy) is 2. The van der Waals surface area contributed by atoms with Crippen molar-refractivity contribution in [2.24, 2.45) is 0 Å². The van der Waals surface area contributed by atoms with E-state index in [9.17, 15) is 4.79 Å². The van der Waals surface area contributed by atoms with Crippen molar-refractivity contribution in [3.8, 4) is 11.5 Å². The number of hydrogen-bond acceptors (Lipinski definition) is 5. The Balaban J connectivity index is 1.94. The quantitative estimate of drug-likeness (QED) is 0.794. The topological polar surface area (TPSA) is 86.7 Å². The molecule has 6 heteroatoms. The first kappa shape index (κ1) is 14.8. The number of methoxy groups -OCH3 is 1. The normalized spacial score (nSPS) is 11.7. The average Bonchev–Trinajstić information content (AvgIpc) is 2.99. The molecule has 1 aromatic carbocycles. The van der Waals surface area contributed by atoms with E-state index in [1.165, 1.54) is 7.11 Å². The minimum Gasteiger partial charge on any atom is -0.493 e. The van der Waals surface area contributed by atoms with Crippen LogP contribution in [0.2, 0.25) is 0 Å². The molecule has 1 aromatic heterocycles. The van der Waals surface area contributed by atoms with Crippen LogP contribution in [0.15, 0.2) is 41.0 Å². The molecule has 0 saturated heterocycles. The molecule has 3 N–H and O–H groups in total. The van der Waals surface area contributed by atoms with Gasteiger partial charge in [0.15, 0.2) is 17.6 Å². The van der Waals surface area contributed by atoms with Gasteiger partial charge in [0.25, 0.3) is 5.91 Å². The lowest BCUT2D eigenvalue weighted by Gasteiger charge is -2.16. The van der Waals surface area contributed by atoms with Crippen molar-refractivity contribution in [2.75, 3.05) is 12.8 Å². The number of anilines is 1. The van der Waals surface area contributed by atoms with Gasteiger partial charge in [0.1, 0.15) is 5.76 Å². The van der Waals surface area contributed by atoms with Gasteiger partial charge in [-0.15, -0.1) is 0 Å². The highest BCUT2D eigenvalue weighted by atomic mass is 16.5. The van der Waals surface area contributed by atoms with Gasteiger partial charge in [-0.3, -0.25) is 4.79 Å². The zero-order valence-corrected chi connectivity index (χ0v) is 12.0. The van der Waals surface area contributed by atoms with Crippen LogP contribution in [0, 0.1) is 0 Å². The van der Waals surface area contributed by atoms with Crippen LogP contribution >= 0.6 is 0 Å². The molecule has 21 heavy (non-hydrogen) atoms. The Labute approximate surface area is 122 Å². The van der Waals surface area contributed by atoms with E-state index in [0.29, 0.717) is 29.5 Å². The lowest BCUT2D eigenvalue weighted by atomic mass is 10.2. The van der Waals surface area contributed by atoms with Crippen LogP contribution < -0.4 is 20.5 Å². The van der Waals surface area contributed by atoms with Crippen molar-refractivity contribution in [3.63, 3.8) is 0 Å².